The number of rotatable bonds is 16. The van der Waals surface area contributed by atoms with Crippen LogP contribution in [-0.4, -0.2) is 71.2 Å². The summed E-state index contributed by atoms with van der Waals surface area (Å²) >= 11 is 0. The number of nitrogens with one attached hydrogen (secondary N) is 3. The summed E-state index contributed by atoms with van der Waals surface area (Å²) in [6.07, 6.45) is 2.01. The van der Waals surface area contributed by atoms with Crippen LogP contribution in [0.1, 0.15) is 45.1 Å². The number of carboxylic acids is 1. The number of aliphatic carboxylic acids is 1. The molecule has 0 heterocycles. The molecule has 0 aliphatic heterocycles. The van der Waals surface area contributed by atoms with Gasteiger partial charge in [0.15, 0.2) is 0 Å². The number of aliphatic hydroxyl groups is 1. The van der Waals surface area contributed by atoms with E-state index in [0.29, 0.717) is 25.8 Å². The Balaban J connectivity index is 2.91. The number of carbonyl (C=O) groups excluding carboxylic acids is 3. The third kappa shape index (κ3) is 10.4. The third-order valence-corrected chi connectivity index (χ3v) is 5.85. The van der Waals surface area contributed by atoms with Gasteiger partial charge in [0.1, 0.15) is 18.1 Å². The Morgan fingerprint density at radius 1 is 0.914 bits per heavy atom. The highest BCUT2D eigenvalue weighted by atomic mass is 16.4. The number of benzene rings is 1. The first-order valence-corrected chi connectivity index (χ1v) is 11.9. The average molecular weight is 494 g/mol. The molecule has 0 fully saturated rings. The van der Waals surface area contributed by atoms with E-state index in [9.17, 15) is 29.4 Å². The van der Waals surface area contributed by atoms with Gasteiger partial charge in [-0.2, -0.15) is 0 Å². The Morgan fingerprint density at radius 2 is 1.49 bits per heavy atom. The van der Waals surface area contributed by atoms with Gasteiger partial charge in [0.2, 0.25) is 17.7 Å². The van der Waals surface area contributed by atoms with Gasteiger partial charge in [-0.05, 0) is 37.3 Å². The SMILES string of the molecule is CCC(C)C(N)C(=O)NC(CO)C(=O)NC(CCCCN)C(=O)NC(Cc1ccccc1)C(=O)O. The standard InChI is InChI=1S/C24H39N5O6/c1-3-15(2)20(26)23(33)29-19(14-30)22(32)27-17(11-7-8-12-25)21(31)28-18(24(34)35)13-16-9-5-4-6-10-16/h4-6,9-10,15,17-20,30H,3,7-8,11-14,25-26H2,1-2H3,(H,27,32)(H,28,31)(H,29,33)(H,34,35). The molecule has 0 spiro atoms. The normalized spacial score (nSPS) is 15.2. The molecule has 0 aromatic heterocycles. The molecule has 1 aromatic carbocycles. The smallest absolute Gasteiger partial charge is 0.326 e. The van der Waals surface area contributed by atoms with Crippen LogP contribution in [0.2, 0.25) is 0 Å². The van der Waals surface area contributed by atoms with Crippen molar-refractivity contribution in [3.05, 3.63) is 35.9 Å². The van der Waals surface area contributed by atoms with Gasteiger partial charge in [0.05, 0.1) is 12.6 Å². The highest BCUT2D eigenvalue weighted by molar-refractivity contribution is 5.94. The molecule has 5 unspecified atom stereocenters. The maximum Gasteiger partial charge on any atom is 0.326 e. The van der Waals surface area contributed by atoms with Crippen LogP contribution in [0.15, 0.2) is 30.3 Å². The highest BCUT2D eigenvalue weighted by Crippen LogP contribution is 2.08. The molecule has 0 radical (unpaired) electrons. The Morgan fingerprint density at radius 3 is 2.03 bits per heavy atom. The molecule has 35 heavy (non-hydrogen) atoms. The lowest BCUT2D eigenvalue weighted by atomic mass is 9.99. The van der Waals surface area contributed by atoms with E-state index in [-0.39, 0.29) is 18.8 Å². The van der Waals surface area contributed by atoms with E-state index in [1.807, 2.05) is 6.92 Å². The molecule has 1 aromatic rings. The van der Waals surface area contributed by atoms with Gasteiger partial charge >= 0.3 is 5.97 Å². The lowest BCUT2D eigenvalue weighted by Crippen LogP contribution is -2.58. The summed E-state index contributed by atoms with van der Waals surface area (Å²) in [6, 6.07) is 4.36. The van der Waals surface area contributed by atoms with E-state index < -0.39 is 54.5 Å². The largest absolute Gasteiger partial charge is 0.480 e. The highest BCUT2D eigenvalue weighted by Gasteiger charge is 2.30. The van der Waals surface area contributed by atoms with Crippen LogP contribution in [0.4, 0.5) is 0 Å². The lowest BCUT2D eigenvalue weighted by molar-refractivity contribution is -0.142. The zero-order valence-electron chi connectivity index (χ0n) is 20.4. The molecule has 0 bridgehead atoms. The molecule has 5 atom stereocenters. The van der Waals surface area contributed by atoms with Crippen molar-refractivity contribution in [2.24, 2.45) is 17.4 Å². The molecule has 0 aliphatic rings. The van der Waals surface area contributed by atoms with Crippen LogP contribution in [0.5, 0.6) is 0 Å². The fourth-order valence-corrected chi connectivity index (χ4v) is 3.33. The number of hydrogen-bond acceptors (Lipinski definition) is 7. The Bertz CT molecular complexity index is 822. The number of unbranched alkanes of at least 4 members (excludes halogenated alkanes) is 1. The van der Waals surface area contributed by atoms with E-state index >= 15 is 0 Å². The van der Waals surface area contributed by atoms with E-state index in [2.05, 4.69) is 16.0 Å². The van der Waals surface area contributed by atoms with E-state index in [1.165, 1.54) is 0 Å². The summed E-state index contributed by atoms with van der Waals surface area (Å²) < 4.78 is 0. The number of nitrogens with two attached hydrogens (primary N) is 2. The van der Waals surface area contributed by atoms with Crippen molar-refractivity contribution in [2.45, 2.75) is 70.1 Å². The second-order valence-electron chi connectivity index (χ2n) is 8.59. The van der Waals surface area contributed by atoms with Gasteiger partial charge in [-0.3, -0.25) is 14.4 Å². The van der Waals surface area contributed by atoms with Crippen LogP contribution < -0.4 is 27.4 Å². The molecule has 196 valence electrons. The minimum Gasteiger partial charge on any atom is -0.480 e. The predicted octanol–water partition coefficient (Wildman–Crippen LogP) is -0.737. The van der Waals surface area contributed by atoms with E-state index in [1.54, 1.807) is 37.3 Å². The van der Waals surface area contributed by atoms with Crippen molar-refractivity contribution in [3.8, 4) is 0 Å². The summed E-state index contributed by atoms with van der Waals surface area (Å²) in [4.78, 5) is 49.8. The quantitative estimate of drug-likeness (QED) is 0.146. The average Bonchev–Trinajstić information content (AvgIpc) is 2.85. The zero-order chi connectivity index (χ0) is 26.4. The molecule has 11 nitrogen and oxygen atoms in total. The Hall–Kier alpha value is -3.02. The van der Waals surface area contributed by atoms with E-state index in [0.717, 1.165) is 5.56 Å². The minimum atomic E-state index is -1.32. The van der Waals surface area contributed by atoms with Crippen LogP contribution >= 0.6 is 0 Å². The number of carbonyl (C=O) groups is 4. The number of amides is 3. The third-order valence-electron chi connectivity index (χ3n) is 5.85. The molecule has 0 aliphatic carbocycles. The topological polar surface area (TPSA) is 197 Å². The van der Waals surface area contributed by atoms with Gasteiger partial charge in [0.25, 0.3) is 0 Å². The monoisotopic (exact) mass is 493 g/mol. The van der Waals surface area contributed by atoms with Gasteiger partial charge in [-0.25, -0.2) is 4.79 Å². The predicted molar refractivity (Wildman–Crippen MR) is 131 cm³/mol. The van der Waals surface area contributed by atoms with Gasteiger partial charge in [-0.15, -0.1) is 0 Å². The van der Waals surface area contributed by atoms with Crippen LogP contribution in [0.3, 0.4) is 0 Å². The van der Waals surface area contributed by atoms with Crippen molar-refractivity contribution in [2.75, 3.05) is 13.2 Å². The molecule has 11 heteroatoms. The second kappa shape index (κ2) is 15.8. The fourth-order valence-electron chi connectivity index (χ4n) is 3.33. The van der Waals surface area contributed by atoms with Crippen LogP contribution in [0, 0.1) is 5.92 Å². The number of hydrogen-bond donors (Lipinski definition) is 7. The molecule has 0 saturated carbocycles. The summed E-state index contributed by atoms with van der Waals surface area (Å²) in [7, 11) is 0. The first-order valence-electron chi connectivity index (χ1n) is 11.9. The molecule has 1 rings (SSSR count). The van der Waals surface area contributed by atoms with Crippen molar-refractivity contribution in [1.29, 1.82) is 0 Å². The van der Waals surface area contributed by atoms with Crippen molar-refractivity contribution < 1.29 is 29.4 Å². The molecule has 9 N–H and O–H groups in total. The fraction of sp³-hybridized carbons (Fsp3) is 0.583. The van der Waals surface area contributed by atoms with Crippen LogP contribution in [-0.2, 0) is 25.6 Å². The van der Waals surface area contributed by atoms with Crippen molar-refractivity contribution >= 4 is 23.7 Å². The second-order valence-corrected chi connectivity index (χ2v) is 8.59. The van der Waals surface area contributed by atoms with Crippen LogP contribution in [0.25, 0.3) is 0 Å². The summed E-state index contributed by atoms with van der Waals surface area (Å²) in [5, 5.41) is 26.7. The van der Waals surface area contributed by atoms with Gasteiger partial charge in [-0.1, -0.05) is 50.6 Å². The molecular formula is C24H39N5O6. The Kier molecular flexibility index (Phi) is 13.5. The maximum atomic E-state index is 13.0. The Labute approximate surface area is 206 Å². The maximum absolute atomic E-state index is 13.0. The lowest BCUT2D eigenvalue weighted by Gasteiger charge is -2.25. The summed E-state index contributed by atoms with van der Waals surface area (Å²) in [6.45, 7) is 3.36. The van der Waals surface area contributed by atoms with Gasteiger partial charge < -0.3 is 37.6 Å². The van der Waals surface area contributed by atoms with E-state index in [4.69, 9.17) is 11.5 Å². The summed E-state index contributed by atoms with van der Waals surface area (Å²) in [5.74, 6) is -3.40. The number of carboxylic acid groups (broad SMARTS) is 1. The zero-order valence-corrected chi connectivity index (χ0v) is 20.4. The molecule has 3 amide bonds. The first-order chi connectivity index (χ1) is 16.6. The minimum absolute atomic E-state index is 0.0637. The number of aliphatic hydroxyl groups excluding tert-OH is 1. The summed E-state index contributed by atoms with van der Waals surface area (Å²) in [5.41, 5.74) is 12.2. The van der Waals surface area contributed by atoms with Crippen molar-refractivity contribution in [1.82, 2.24) is 16.0 Å². The first kappa shape index (κ1) is 30.0. The van der Waals surface area contributed by atoms with Gasteiger partial charge in [0, 0.05) is 6.42 Å². The molecule has 0 saturated heterocycles. The molecular weight excluding hydrogens is 454 g/mol. The van der Waals surface area contributed by atoms with Crippen molar-refractivity contribution in [3.63, 3.8) is 0 Å².